The van der Waals surface area contributed by atoms with E-state index in [1.165, 1.54) is 0 Å². The first-order chi connectivity index (χ1) is 9.11. The SMILES string of the molecule is Cc1csc(C(C)NC(=O)C2CC23CCNCC3)n1. The number of amides is 1. The van der Waals surface area contributed by atoms with Crippen LogP contribution in [0.25, 0.3) is 0 Å². The molecule has 0 radical (unpaired) electrons. The molecule has 104 valence electrons. The summed E-state index contributed by atoms with van der Waals surface area (Å²) in [6, 6.07) is 0.0329. The van der Waals surface area contributed by atoms with Crippen molar-refractivity contribution >= 4 is 17.2 Å². The number of aromatic nitrogens is 1. The number of nitrogens with one attached hydrogen (secondary N) is 2. The summed E-state index contributed by atoms with van der Waals surface area (Å²) in [5, 5.41) is 9.54. The van der Waals surface area contributed by atoms with Gasteiger partial charge < -0.3 is 10.6 Å². The molecule has 0 aromatic carbocycles. The number of piperidine rings is 1. The molecular weight excluding hydrogens is 258 g/mol. The van der Waals surface area contributed by atoms with Gasteiger partial charge in [-0.15, -0.1) is 11.3 Å². The molecule has 1 saturated heterocycles. The van der Waals surface area contributed by atoms with Gasteiger partial charge >= 0.3 is 0 Å². The summed E-state index contributed by atoms with van der Waals surface area (Å²) in [6.45, 7) is 6.13. The lowest BCUT2D eigenvalue weighted by Crippen LogP contribution is -2.34. The Bertz CT molecular complexity index is 479. The molecule has 5 heteroatoms. The average Bonchev–Trinajstić information content (AvgIpc) is 2.89. The van der Waals surface area contributed by atoms with Crippen LogP contribution in [0.5, 0.6) is 0 Å². The maximum atomic E-state index is 12.3. The van der Waals surface area contributed by atoms with Crippen molar-refractivity contribution in [2.75, 3.05) is 13.1 Å². The van der Waals surface area contributed by atoms with Crippen molar-refractivity contribution in [3.63, 3.8) is 0 Å². The maximum Gasteiger partial charge on any atom is 0.224 e. The van der Waals surface area contributed by atoms with Crippen LogP contribution in [0.15, 0.2) is 5.38 Å². The molecule has 1 aliphatic heterocycles. The normalized spacial score (nSPS) is 26.1. The highest BCUT2D eigenvalue weighted by Crippen LogP contribution is 2.58. The van der Waals surface area contributed by atoms with Gasteiger partial charge in [-0.2, -0.15) is 0 Å². The quantitative estimate of drug-likeness (QED) is 0.890. The highest BCUT2D eigenvalue weighted by atomic mass is 32.1. The number of carbonyl (C=O) groups excluding carboxylic acids is 1. The minimum absolute atomic E-state index is 0.0329. The molecule has 0 bridgehead atoms. The molecule has 1 aliphatic carbocycles. The van der Waals surface area contributed by atoms with E-state index in [1.54, 1.807) is 11.3 Å². The highest BCUT2D eigenvalue weighted by Gasteiger charge is 2.57. The predicted molar refractivity (Wildman–Crippen MR) is 76.1 cm³/mol. The third-order valence-corrected chi connectivity index (χ3v) is 5.62. The summed E-state index contributed by atoms with van der Waals surface area (Å²) in [7, 11) is 0. The standard InChI is InChI=1S/C14H21N3OS/c1-9-8-19-13(16-9)10(2)17-12(18)11-7-14(11)3-5-15-6-4-14/h8,10-11,15H,3-7H2,1-2H3,(H,17,18). The van der Waals surface area contributed by atoms with Crippen LogP contribution in [-0.2, 0) is 4.79 Å². The maximum absolute atomic E-state index is 12.3. The van der Waals surface area contributed by atoms with Crippen molar-refractivity contribution < 1.29 is 4.79 Å². The molecule has 2 unspecified atom stereocenters. The van der Waals surface area contributed by atoms with E-state index in [0.29, 0.717) is 5.41 Å². The number of thiazole rings is 1. The number of nitrogens with zero attached hydrogens (tertiary/aromatic N) is 1. The Labute approximate surface area is 118 Å². The van der Waals surface area contributed by atoms with Gasteiger partial charge in [0.05, 0.1) is 6.04 Å². The zero-order valence-electron chi connectivity index (χ0n) is 11.5. The van der Waals surface area contributed by atoms with Crippen LogP contribution < -0.4 is 10.6 Å². The summed E-state index contributed by atoms with van der Waals surface area (Å²) in [4.78, 5) is 16.8. The molecule has 2 atom stereocenters. The van der Waals surface area contributed by atoms with Crippen molar-refractivity contribution in [1.82, 2.24) is 15.6 Å². The van der Waals surface area contributed by atoms with Gasteiger partial charge in [-0.25, -0.2) is 4.98 Å². The summed E-state index contributed by atoms with van der Waals surface area (Å²) < 4.78 is 0. The number of hydrogen-bond acceptors (Lipinski definition) is 4. The largest absolute Gasteiger partial charge is 0.347 e. The van der Waals surface area contributed by atoms with Crippen LogP contribution in [0.1, 0.15) is 42.9 Å². The van der Waals surface area contributed by atoms with Crippen molar-refractivity contribution in [3.05, 3.63) is 16.1 Å². The van der Waals surface area contributed by atoms with E-state index in [2.05, 4.69) is 15.6 Å². The molecule has 2 N–H and O–H groups in total. The fourth-order valence-corrected chi connectivity index (χ4v) is 3.95. The van der Waals surface area contributed by atoms with Crippen molar-refractivity contribution in [2.24, 2.45) is 11.3 Å². The molecule has 4 nitrogen and oxygen atoms in total. The Morgan fingerprint density at radius 3 is 2.95 bits per heavy atom. The van der Waals surface area contributed by atoms with Gasteiger partial charge in [0, 0.05) is 17.0 Å². The fourth-order valence-electron chi connectivity index (χ4n) is 3.14. The van der Waals surface area contributed by atoms with E-state index in [9.17, 15) is 4.79 Å². The summed E-state index contributed by atoms with van der Waals surface area (Å²) >= 11 is 1.62. The Hall–Kier alpha value is -0.940. The molecule has 2 aliphatic rings. The molecule has 2 fully saturated rings. The number of rotatable bonds is 3. The lowest BCUT2D eigenvalue weighted by Gasteiger charge is -2.23. The minimum Gasteiger partial charge on any atom is -0.347 e. The first-order valence-electron chi connectivity index (χ1n) is 7.04. The average molecular weight is 279 g/mol. The van der Waals surface area contributed by atoms with Gasteiger partial charge in [0.2, 0.25) is 5.91 Å². The van der Waals surface area contributed by atoms with Gasteiger partial charge in [-0.3, -0.25) is 4.79 Å². The Kier molecular flexibility index (Phi) is 3.35. The van der Waals surface area contributed by atoms with Crippen molar-refractivity contribution in [1.29, 1.82) is 0 Å². The second-order valence-corrected chi connectivity index (χ2v) is 6.82. The number of carbonyl (C=O) groups is 1. The molecule has 3 rings (SSSR count). The van der Waals surface area contributed by atoms with Crippen LogP contribution in [0, 0.1) is 18.3 Å². The molecule has 1 aromatic rings. The van der Waals surface area contributed by atoms with Crippen molar-refractivity contribution in [2.45, 2.75) is 39.2 Å². The number of aryl methyl sites for hydroxylation is 1. The van der Waals surface area contributed by atoms with Crippen molar-refractivity contribution in [3.8, 4) is 0 Å². The Morgan fingerprint density at radius 2 is 2.32 bits per heavy atom. The molecule has 1 saturated carbocycles. The van der Waals surface area contributed by atoms with E-state index in [1.807, 2.05) is 19.2 Å². The monoisotopic (exact) mass is 279 g/mol. The summed E-state index contributed by atoms with van der Waals surface area (Å²) in [5.74, 6) is 0.459. The third kappa shape index (κ3) is 2.54. The first kappa shape index (κ1) is 13.1. The summed E-state index contributed by atoms with van der Waals surface area (Å²) in [6.07, 6.45) is 3.37. The van der Waals surface area contributed by atoms with E-state index < -0.39 is 0 Å². The third-order valence-electron chi connectivity index (χ3n) is 4.47. The Morgan fingerprint density at radius 1 is 1.58 bits per heavy atom. The summed E-state index contributed by atoms with van der Waals surface area (Å²) in [5.41, 5.74) is 1.34. The lowest BCUT2D eigenvalue weighted by molar-refractivity contribution is -0.123. The molecule has 1 spiro atoms. The van der Waals surface area contributed by atoms with Gasteiger partial charge in [0.1, 0.15) is 5.01 Å². The van der Waals surface area contributed by atoms with Gasteiger partial charge in [0.25, 0.3) is 0 Å². The highest BCUT2D eigenvalue weighted by molar-refractivity contribution is 7.09. The zero-order chi connectivity index (χ0) is 13.5. The zero-order valence-corrected chi connectivity index (χ0v) is 12.3. The first-order valence-corrected chi connectivity index (χ1v) is 7.92. The van der Waals surface area contributed by atoms with E-state index >= 15 is 0 Å². The van der Waals surface area contributed by atoms with E-state index in [0.717, 1.165) is 43.1 Å². The van der Waals surface area contributed by atoms with Crippen LogP contribution in [-0.4, -0.2) is 24.0 Å². The smallest absolute Gasteiger partial charge is 0.224 e. The molecule has 1 amide bonds. The van der Waals surface area contributed by atoms with Gasteiger partial charge in [-0.1, -0.05) is 0 Å². The van der Waals surface area contributed by atoms with Crippen LogP contribution in [0.3, 0.4) is 0 Å². The fraction of sp³-hybridized carbons (Fsp3) is 0.714. The molecular formula is C14H21N3OS. The lowest BCUT2D eigenvalue weighted by atomic mass is 9.91. The van der Waals surface area contributed by atoms with E-state index in [-0.39, 0.29) is 17.9 Å². The predicted octanol–water partition coefficient (Wildman–Crippen LogP) is 2.02. The number of hydrogen-bond donors (Lipinski definition) is 2. The van der Waals surface area contributed by atoms with Gasteiger partial charge in [0.15, 0.2) is 0 Å². The second-order valence-electron chi connectivity index (χ2n) is 5.93. The van der Waals surface area contributed by atoms with Gasteiger partial charge in [-0.05, 0) is 51.6 Å². The topological polar surface area (TPSA) is 54.0 Å². The van der Waals surface area contributed by atoms with E-state index in [4.69, 9.17) is 0 Å². The van der Waals surface area contributed by atoms with Crippen LogP contribution >= 0.6 is 11.3 Å². The Balaban J connectivity index is 1.57. The van der Waals surface area contributed by atoms with Crippen LogP contribution in [0.2, 0.25) is 0 Å². The minimum atomic E-state index is 0.0329. The molecule has 1 aromatic heterocycles. The molecule has 2 heterocycles. The molecule has 19 heavy (non-hydrogen) atoms. The van der Waals surface area contributed by atoms with Crippen LogP contribution in [0.4, 0.5) is 0 Å². The second kappa shape index (κ2) is 4.87.